The third-order valence-corrected chi connectivity index (χ3v) is 0. The van der Waals surface area contributed by atoms with Crippen molar-refractivity contribution in [2.45, 2.75) is 0 Å². The molecule has 0 bridgehead atoms. The molecule has 0 amide bonds. The Balaban J connectivity index is -0.00000000750. The Bertz CT molecular complexity index is 37.5. The average molecular weight is 169 g/mol. The van der Waals surface area contributed by atoms with Gasteiger partial charge in [-0.1, -0.05) is 0 Å². The minimum absolute atomic E-state index is 0. The van der Waals surface area contributed by atoms with Gasteiger partial charge in [-0.15, -0.1) is 0 Å². The summed E-state index contributed by atoms with van der Waals surface area (Å²) in [7, 11) is 0. The van der Waals surface area contributed by atoms with Gasteiger partial charge in [-0.3, -0.25) is 0 Å². The molecule has 0 saturated heterocycles. The molecule has 0 spiro atoms. The Kier molecular flexibility index (Phi) is 138. The molecular formula is H12FN3O3Ti. The molecule has 8 heavy (non-hydrogen) atoms. The summed E-state index contributed by atoms with van der Waals surface area (Å²) in [6, 6.07) is 0. The maximum absolute atomic E-state index is 8.58. The molecule has 8 heteroatoms. The topological polar surface area (TPSA) is 173 Å². The van der Waals surface area contributed by atoms with E-state index < -0.39 is 18.6 Å². The van der Waals surface area contributed by atoms with Gasteiger partial charge in [0.1, 0.15) is 0 Å². The molecule has 0 aromatic rings. The van der Waals surface area contributed by atoms with Crippen molar-refractivity contribution in [2.24, 2.45) is 0 Å². The van der Waals surface area contributed by atoms with Gasteiger partial charge < -0.3 is 23.2 Å². The van der Waals surface area contributed by atoms with Crippen molar-refractivity contribution in [1.29, 1.82) is 0 Å². The van der Waals surface area contributed by atoms with Gasteiger partial charge in [0.25, 0.3) is 0 Å². The van der Waals surface area contributed by atoms with Gasteiger partial charge in [-0.2, -0.15) is 0 Å². The van der Waals surface area contributed by atoms with Gasteiger partial charge in [0.05, 0.1) is 0 Å². The Hall–Kier alpha value is 0.244. The van der Waals surface area contributed by atoms with E-state index in [1.807, 2.05) is 0 Å². The van der Waals surface area contributed by atoms with Crippen LogP contribution in [0.5, 0.6) is 0 Å². The molecule has 0 radical (unpaired) electrons. The molecule has 0 heterocycles. The Morgan fingerprint density at radius 1 is 1.00 bits per heavy atom. The zero-order valence-corrected chi connectivity index (χ0v) is 6.66. The van der Waals surface area contributed by atoms with E-state index in [0.29, 0.717) is 0 Å². The molecule has 0 aliphatic heterocycles. The number of hydrogen-bond donors (Lipinski definition) is 3. The van der Waals surface area contributed by atoms with E-state index in [1.54, 1.807) is 0 Å². The molecule has 0 aliphatic rings. The van der Waals surface area contributed by atoms with Gasteiger partial charge in [0, 0.05) is 0 Å². The van der Waals surface area contributed by atoms with Crippen molar-refractivity contribution in [3.63, 3.8) is 0 Å². The van der Waals surface area contributed by atoms with Crippen LogP contribution in [-0.2, 0) is 21.9 Å². The molecule has 12 N–H and O–H groups in total. The van der Waals surface area contributed by atoms with Crippen LogP contribution in [0.2, 0.25) is 0 Å². The zero-order valence-electron chi connectivity index (χ0n) is 5.10. The average Bonchev–Trinajstić information content (AvgIpc) is 0.811. The van der Waals surface area contributed by atoms with Crippen LogP contribution in [0.3, 0.4) is 0 Å². The fourth-order valence-corrected chi connectivity index (χ4v) is 0. The van der Waals surface area contributed by atoms with E-state index in [2.05, 4.69) is 0 Å². The molecule has 0 aromatic heterocycles. The van der Waals surface area contributed by atoms with Crippen LogP contribution in [0.4, 0.5) is 0 Å². The van der Waals surface area contributed by atoms with E-state index in [0.717, 1.165) is 0 Å². The van der Waals surface area contributed by atoms with E-state index in [4.69, 9.17) is 10.7 Å². The Morgan fingerprint density at radius 2 is 1.00 bits per heavy atom. The van der Waals surface area contributed by atoms with Crippen molar-refractivity contribution in [2.75, 3.05) is 0 Å². The van der Waals surface area contributed by atoms with E-state index in [1.165, 1.54) is 0 Å². The van der Waals surface area contributed by atoms with E-state index in [-0.39, 0.29) is 23.2 Å². The molecule has 0 saturated carbocycles. The fourth-order valence-electron chi connectivity index (χ4n) is 0. The van der Waals surface area contributed by atoms with Gasteiger partial charge in [0.2, 0.25) is 0 Å². The number of quaternary nitrogens is 3. The minimum atomic E-state index is -4.08. The summed E-state index contributed by atoms with van der Waals surface area (Å²) in [5.41, 5.74) is 0. The van der Waals surface area contributed by atoms with Crippen molar-refractivity contribution in [3.8, 4) is 0 Å². The maximum atomic E-state index is 8.58. The molecule has 0 rings (SSSR count). The van der Waals surface area contributed by atoms with E-state index in [9.17, 15) is 0 Å². The summed E-state index contributed by atoms with van der Waals surface area (Å²) in [4.78, 5) is 0. The van der Waals surface area contributed by atoms with Crippen molar-refractivity contribution in [1.82, 2.24) is 18.5 Å². The second-order valence-electron chi connectivity index (χ2n) is 0.250. The molecule has 0 aromatic carbocycles. The number of halogens is 1. The van der Waals surface area contributed by atoms with Crippen LogP contribution in [-0.4, -0.2) is 0 Å². The second-order valence-corrected chi connectivity index (χ2v) is 1.03. The number of rotatable bonds is 0. The van der Waals surface area contributed by atoms with Crippen LogP contribution in [0.1, 0.15) is 0 Å². The summed E-state index contributed by atoms with van der Waals surface area (Å²) < 4.78 is 25.8. The number of hydrogen-bond acceptors (Lipinski definition) is 3. The van der Waals surface area contributed by atoms with E-state index >= 15 is 0 Å². The third-order valence-electron chi connectivity index (χ3n) is 0. The third kappa shape index (κ3) is 2880. The fraction of sp³-hybridized carbons (Fsp3) is 0. The van der Waals surface area contributed by atoms with Crippen molar-refractivity contribution < 1.29 is 34.0 Å². The van der Waals surface area contributed by atoms with Crippen molar-refractivity contribution >= 4 is 0 Å². The first kappa shape index (κ1) is 41.1. The molecule has 6 nitrogen and oxygen atoms in total. The quantitative estimate of drug-likeness (QED) is 0.311. The van der Waals surface area contributed by atoms with Gasteiger partial charge in [-0.05, 0) is 0 Å². The molecule has 0 fully saturated rings. The second kappa shape index (κ2) is 26.8. The zero-order chi connectivity index (χ0) is 3.58. The van der Waals surface area contributed by atoms with Gasteiger partial charge >= 0.3 is 29.3 Å². The van der Waals surface area contributed by atoms with Gasteiger partial charge in [-0.25, -0.2) is 0 Å². The Morgan fingerprint density at radius 3 is 1.00 bits per heavy atom. The summed E-state index contributed by atoms with van der Waals surface area (Å²) in [5.74, 6) is 0. The normalized spacial score (nSPS) is 3.25. The first-order chi connectivity index (χ1) is 1.73. The SMILES string of the molecule is [F-].[NH4+].[NH4+].[NH4+].[O]=[Ti]([O-])[O-]. The van der Waals surface area contributed by atoms with Crippen LogP contribution in [0.25, 0.3) is 0 Å². The van der Waals surface area contributed by atoms with Crippen LogP contribution in [0, 0.1) is 0 Å². The first-order valence-electron chi connectivity index (χ1n) is 0.612. The molecule has 56 valence electrons. The molecule has 0 unspecified atom stereocenters. The summed E-state index contributed by atoms with van der Waals surface area (Å²) in [5, 5.41) is 0. The van der Waals surface area contributed by atoms with Crippen LogP contribution in [0.15, 0.2) is 0 Å². The molecular weight excluding hydrogens is 157 g/mol. The molecule has 0 aliphatic carbocycles. The molecule has 0 atom stereocenters. The standard InChI is InChI=1S/FH.3H3N.3O.Ti/h1H;3*1H3;;;;/q;;;;;2*-1;/p+2. The monoisotopic (exact) mass is 169 g/mol. The summed E-state index contributed by atoms with van der Waals surface area (Å²) in [6.07, 6.45) is 0. The first-order valence-corrected chi connectivity index (χ1v) is 2.52. The van der Waals surface area contributed by atoms with Gasteiger partial charge in [0.15, 0.2) is 0 Å². The van der Waals surface area contributed by atoms with Crippen molar-refractivity contribution in [3.05, 3.63) is 0 Å². The Labute approximate surface area is 53.1 Å². The van der Waals surface area contributed by atoms with Crippen LogP contribution < -0.4 is 30.5 Å². The predicted molar refractivity (Wildman–Crippen MR) is 18.6 cm³/mol. The summed E-state index contributed by atoms with van der Waals surface area (Å²) >= 11 is -4.08. The predicted octanol–water partition coefficient (Wildman–Crippen LogP) is -4.37. The van der Waals surface area contributed by atoms with Crippen LogP contribution >= 0.6 is 0 Å². The summed E-state index contributed by atoms with van der Waals surface area (Å²) in [6.45, 7) is 0.